The Hall–Kier alpha value is 0. The van der Waals surface area contributed by atoms with Gasteiger partial charge in [0, 0.05) is 0 Å². The first kappa shape index (κ1) is 17.0. The molecule has 0 heteroatoms. The normalized spacial score (nSPS) is 12.9. The molecule has 0 rings (SSSR count). The van der Waals surface area contributed by atoms with Crippen LogP contribution in [0.3, 0.4) is 0 Å². The number of hydrogen-bond donors (Lipinski definition) is 0. The molecule has 0 aromatic heterocycles. The third-order valence-corrected chi connectivity index (χ3v) is 3.91. The Bertz CT molecular complexity index is 128. The monoisotopic (exact) mass is 239 g/mol. The molecular weight excluding hydrogens is 204 g/mol. The standard InChI is InChI=1S/C17H35/c1-4-7-9-10-11-12-13-14-16-17(6-3)15-8-5-2/h5,17H,4,6-16H2,1-3H3. The van der Waals surface area contributed by atoms with E-state index in [0.29, 0.717) is 0 Å². The highest BCUT2D eigenvalue weighted by atomic mass is 14.1. The molecule has 0 saturated heterocycles. The lowest BCUT2D eigenvalue weighted by Crippen LogP contribution is -1.98. The summed E-state index contributed by atoms with van der Waals surface area (Å²) in [5.41, 5.74) is 0. The minimum atomic E-state index is 0.992. The molecule has 17 heavy (non-hydrogen) atoms. The summed E-state index contributed by atoms with van der Waals surface area (Å²) in [7, 11) is 0. The van der Waals surface area contributed by atoms with Gasteiger partial charge < -0.3 is 0 Å². The van der Waals surface area contributed by atoms with E-state index in [1.165, 1.54) is 77.0 Å². The Kier molecular flexibility index (Phi) is 14.1. The highest BCUT2D eigenvalue weighted by molar-refractivity contribution is 4.63. The van der Waals surface area contributed by atoms with E-state index >= 15 is 0 Å². The van der Waals surface area contributed by atoms with E-state index in [4.69, 9.17) is 0 Å². The van der Waals surface area contributed by atoms with Crippen molar-refractivity contribution in [1.29, 1.82) is 0 Å². The van der Waals surface area contributed by atoms with E-state index in [0.717, 1.165) is 5.92 Å². The smallest absolute Gasteiger partial charge is 0.0417 e. The largest absolute Gasteiger partial charge is 0.0654 e. The fraction of sp³-hybridized carbons (Fsp3) is 0.941. The first-order valence-corrected chi connectivity index (χ1v) is 8.12. The molecule has 0 aliphatic carbocycles. The summed E-state index contributed by atoms with van der Waals surface area (Å²) >= 11 is 0. The maximum atomic E-state index is 2.35. The maximum Gasteiger partial charge on any atom is -0.0417 e. The van der Waals surface area contributed by atoms with Crippen LogP contribution in [0, 0.1) is 12.3 Å². The van der Waals surface area contributed by atoms with Gasteiger partial charge in [0.05, 0.1) is 0 Å². The molecule has 0 spiro atoms. The zero-order chi connectivity index (χ0) is 12.8. The van der Waals surface area contributed by atoms with Crippen LogP contribution in [0.25, 0.3) is 0 Å². The molecule has 0 nitrogen and oxygen atoms in total. The molecule has 1 radical (unpaired) electrons. The lowest BCUT2D eigenvalue weighted by atomic mass is 9.93. The highest BCUT2D eigenvalue weighted by Gasteiger charge is 2.04. The second-order valence-electron chi connectivity index (χ2n) is 5.52. The molecule has 1 unspecified atom stereocenters. The molecule has 0 bridgehead atoms. The maximum absolute atomic E-state index is 2.35. The van der Waals surface area contributed by atoms with Crippen LogP contribution in [0.15, 0.2) is 0 Å². The molecule has 0 saturated carbocycles. The minimum Gasteiger partial charge on any atom is -0.0654 e. The van der Waals surface area contributed by atoms with Gasteiger partial charge in [0.15, 0.2) is 0 Å². The summed E-state index contributed by atoms with van der Waals surface area (Å²) in [6, 6.07) is 0. The van der Waals surface area contributed by atoms with Gasteiger partial charge in [-0.1, -0.05) is 97.8 Å². The molecular formula is C17H35. The molecule has 0 aromatic rings. The average molecular weight is 239 g/mol. The zero-order valence-electron chi connectivity index (χ0n) is 12.6. The molecule has 0 heterocycles. The van der Waals surface area contributed by atoms with Crippen molar-refractivity contribution in [3.8, 4) is 0 Å². The van der Waals surface area contributed by atoms with Crippen molar-refractivity contribution >= 4 is 0 Å². The van der Waals surface area contributed by atoms with Crippen LogP contribution in [0.1, 0.15) is 97.8 Å². The topological polar surface area (TPSA) is 0 Å². The van der Waals surface area contributed by atoms with E-state index < -0.39 is 0 Å². The van der Waals surface area contributed by atoms with Crippen molar-refractivity contribution in [1.82, 2.24) is 0 Å². The average Bonchev–Trinajstić information content (AvgIpc) is 2.36. The van der Waals surface area contributed by atoms with Crippen LogP contribution in [-0.2, 0) is 0 Å². The summed E-state index contributed by atoms with van der Waals surface area (Å²) in [6.45, 7) is 6.83. The van der Waals surface area contributed by atoms with Crippen LogP contribution >= 0.6 is 0 Å². The van der Waals surface area contributed by atoms with E-state index in [-0.39, 0.29) is 0 Å². The molecule has 0 fully saturated rings. The summed E-state index contributed by atoms with van der Waals surface area (Å²) in [5, 5.41) is 0. The number of unbranched alkanes of at least 4 members (excludes halogenated alkanes) is 8. The van der Waals surface area contributed by atoms with Crippen molar-refractivity contribution in [2.24, 2.45) is 5.92 Å². The molecule has 0 amide bonds. The highest BCUT2D eigenvalue weighted by Crippen LogP contribution is 2.20. The Morgan fingerprint density at radius 1 is 0.765 bits per heavy atom. The Labute approximate surface area is 111 Å². The van der Waals surface area contributed by atoms with Gasteiger partial charge in [-0.05, 0) is 12.3 Å². The van der Waals surface area contributed by atoms with E-state index in [2.05, 4.69) is 27.2 Å². The summed E-state index contributed by atoms with van der Waals surface area (Å²) in [5.74, 6) is 0.992. The molecule has 0 aliphatic heterocycles. The molecule has 0 aromatic carbocycles. The van der Waals surface area contributed by atoms with Crippen LogP contribution in [0.4, 0.5) is 0 Å². The van der Waals surface area contributed by atoms with Crippen molar-refractivity contribution < 1.29 is 0 Å². The fourth-order valence-electron chi connectivity index (χ4n) is 2.52. The van der Waals surface area contributed by atoms with Gasteiger partial charge in [-0.15, -0.1) is 0 Å². The molecule has 0 aliphatic rings. The van der Waals surface area contributed by atoms with Gasteiger partial charge in [0.2, 0.25) is 0 Å². The lowest BCUT2D eigenvalue weighted by molar-refractivity contribution is 0.410. The fourth-order valence-corrected chi connectivity index (χ4v) is 2.52. The van der Waals surface area contributed by atoms with Crippen LogP contribution < -0.4 is 0 Å². The predicted molar refractivity (Wildman–Crippen MR) is 80.2 cm³/mol. The van der Waals surface area contributed by atoms with Gasteiger partial charge in [0.25, 0.3) is 0 Å². The van der Waals surface area contributed by atoms with Crippen molar-refractivity contribution in [3.63, 3.8) is 0 Å². The van der Waals surface area contributed by atoms with Crippen molar-refractivity contribution in [2.45, 2.75) is 97.8 Å². The van der Waals surface area contributed by atoms with Crippen molar-refractivity contribution in [2.75, 3.05) is 0 Å². The third-order valence-electron chi connectivity index (χ3n) is 3.91. The van der Waals surface area contributed by atoms with Crippen molar-refractivity contribution in [3.05, 3.63) is 6.42 Å². The SMILES string of the molecule is C[CH]CCC(CC)CCCCCCCCCC. The Morgan fingerprint density at radius 2 is 1.35 bits per heavy atom. The van der Waals surface area contributed by atoms with Gasteiger partial charge >= 0.3 is 0 Å². The molecule has 103 valence electrons. The quantitative estimate of drug-likeness (QED) is 0.320. The van der Waals surface area contributed by atoms with Crippen LogP contribution in [0.5, 0.6) is 0 Å². The molecule has 1 atom stereocenters. The minimum absolute atomic E-state index is 0.992. The first-order chi connectivity index (χ1) is 8.35. The number of rotatable bonds is 13. The van der Waals surface area contributed by atoms with Crippen LogP contribution in [0.2, 0.25) is 0 Å². The van der Waals surface area contributed by atoms with E-state index in [1.54, 1.807) is 0 Å². The summed E-state index contributed by atoms with van der Waals surface area (Å²) < 4.78 is 0. The Morgan fingerprint density at radius 3 is 1.88 bits per heavy atom. The van der Waals surface area contributed by atoms with E-state index in [1.807, 2.05) is 0 Å². The van der Waals surface area contributed by atoms with E-state index in [9.17, 15) is 0 Å². The van der Waals surface area contributed by atoms with Gasteiger partial charge in [-0.3, -0.25) is 0 Å². The number of hydrogen-bond acceptors (Lipinski definition) is 0. The molecule has 0 N–H and O–H groups in total. The van der Waals surface area contributed by atoms with Gasteiger partial charge in [0.1, 0.15) is 0 Å². The summed E-state index contributed by atoms with van der Waals surface area (Å²) in [6.07, 6.45) is 19.5. The zero-order valence-corrected chi connectivity index (χ0v) is 12.6. The second kappa shape index (κ2) is 14.1. The Balaban J connectivity index is 3.19. The third kappa shape index (κ3) is 12.2. The van der Waals surface area contributed by atoms with Crippen LogP contribution in [-0.4, -0.2) is 0 Å². The summed E-state index contributed by atoms with van der Waals surface area (Å²) in [4.78, 5) is 0. The van der Waals surface area contributed by atoms with Gasteiger partial charge in [-0.25, -0.2) is 0 Å². The predicted octanol–water partition coefficient (Wildman–Crippen LogP) is 6.55. The van der Waals surface area contributed by atoms with Gasteiger partial charge in [-0.2, -0.15) is 0 Å². The lowest BCUT2D eigenvalue weighted by Gasteiger charge is -2.13. The first-order valence-electron chi connectivity index (χ1n) is 8.12. The second-order valence-corrected chi connectivity index (χ2v) is 5.52.